The van der Waals surface area contributed by atoms with Gasteiger partial charge in [-0.1, -0.05) is 23.7 Å². The smallest absolute Gasteiger partial charge is 0.221 e. The molecule has 122 valence electrons. The number of aliphatic hydroxyl groups excluding tert-OH is 1. The van der Waals surface area contributed by atoms with Crippen molar-refractivity contribution in [1.82, 2.24) is 0 Å². The van der Waals surface area contributed by atoms with E-state index in [-0.39, 0.29) is 5.91 Å². The summed E-state index contributed by atoms with van der Waals surface area (Å²) in [5, 5.41) is 13.9. The van der Waals surface area contributed by atoms with Crippen LogP contribution < -0.4 is 14.8 Å². The highest BCUT2D eigenvalue weighted by Gasteiger charge is 2.21. The van der Waals surface area contributed by atoms with Crippen LogP contribution in [0, 0.1) is 0 Å². The fourth-order valence-electron chi connectivity index (χ4n) is 2.36. The van der Waals surface area contributed by atoms with E-state index in [2.05, 4.69) is 5.32 Å². The molecule has 6 heteroatoms. The Kier molecular flexibility index (Phi) is 5.47. The van der Waals surface area contributed by atoms with Crippen LogP contribution in [0.3, 0.4) is 0 Å². The molecule has 23 heavy (non-hydrogen) atoms. The molecule has 2 aromatic carbocycles. The van der Waals surface area contributed by atoms with Crippen molar-refractivity contribution in [3.63, 3.8) is 0 Å². The summed E-state index contributed by atoms with van der Waals surface area (Å²) in [5.74, 6) is 0.696. The predicted molar refractivity (Wildman–Crippen MR) is 89.4 cm³/mol. The van der Waals surface area contributed by atoms with Crippen LogP contribution in [0.5, 0.6) is 11.5 Å². The topological polar surface area (TPSA) is 67.8 Å². The summed E-state index contributed by atoms with van der Waals surface area (Å²) in [7, 11) is 3.02. The highest BCUT2D eigenvalue weighted by atomic mass is 35.5. The molecule has 1 amide bonds. The van der Waals surface area contributed by atoms with Crippen LogP contribution in [0.15, 0.2) is 36.4 Å². The van der Waals surface area contributed by atoms with Crippen LogP contribution in [-0.4, -0.2) is 25.2 Å². The number of carbonyl (C=O) groups is 1. The van der Waals surface area contributed by atoms with Gasteiger partial charge in [-0.3, -0.25) is 4.79 Å². The third kappa shape index (κ3) is 3.75. The lowest BCUT2D eigenvalue weighted by atomic mass is 9.98. The second-order valence-electron chi connectivity index (χ2n) is 4.90. The zero-order valence-corrected chi connectivity index (χ0v) is 13.8. The lowest BCUT2D eigenvalue weighted by Gasteiger charge is -2.20. The fraction of sp³-hybridized carbons (Fsp3) is 0.235. The van der Waals surface area contributed by atoms with Gasteiger partial charge in [-0.2, -0.15) is 0 Å². The second-order valence-corrected chi connectivity index (χ2v) is 5.33. The van der Waals surface area contributed by atoms with Crippen LogP contribution in [0.4, 0.5) is 5.69 Å². The Balaban J connectivity index is 2.54. The first-order valence-electron chi connectivity index (χ1n) is 6.94. The Morgan fingerprint density at radius 2 is 1.91 bits per heavy atom. The van der Waals surface area contributed by atoms with Gasteiger partial charge in [-0.25, -0.2) is 0 Å². The molecule has 0 heterocycles. The SMILES string of the molecule is COc1cccc(C(O)c2cc(Cl)ccc2NC(C)=O)c1OC. The molecule has 0 saturated carbocycles. The number of methoxy groups -OCH3 is 2. The first-order valence-corrected chi connectivity index (χ1v) is 7.31. The number of ether oxygens (including phenoxy) is 2. The predicted octanol–water partition coefficient (Wildman–Crippen LogP) is 3.40. The molecule has 5 nitrogen and oxygen atoms in total. The minimum atomic E-state index is -1.04. The molecule has 0 aliphatic rings. The molecular formula is C17H18ClNO4. The molecule has 1 atom stereocenters. The van der Waals surface area contributed by atoms with Crippen LogP contribution >= 0.6 is 11.6 Å². The van der Waals surface area contributed by atoms with Gasteiger partial charge in [-0.05, 0) is 24.3 Å². The van der Waals surface area contributed by atoms with Crippen molar-refractivity contribution in [2.24, 2.45) is 0 Å². The van der Waals surface area contributed by atoms with E-state index >= 15 is 0 Å². The minimum absolute atomic E-state index is 0.238. The average molecular weight is 336 g/mol. The highest BCUT2D eigenvalue weighted by molar-refractivity contribution is 6.30. The zero-order chi connectivity index (χ0) is 17.0. The quantitative estimate of drug-likeness (QED) is 0.878. The van der Waals surface area contributed by atoms with Crippen LogP contribution in [0.25, 0.3) is 0 Å². The van der Waals surface area contributed by atoms with E-state index in [1.54, 1.807) is 36.4 Å². The van der Waals surface area contributed by atoms with Crippen molar-refractivity contribution >= 4 is 23.2 Å². The third-order valence-corrected chi connectivity index (χ3v) is 3.58. The first-order chi connectivity index (χ1) is 11.0. The Morgan fingerprint density at radius 3 is 2.52 bits per heavy atom. The van der Waals surface area contributed by atoms with Gasteiger partial charge in [0.15, 0.2) is 11.5 Å². The number of amides is 1. The van der Waals surface area contributed by atoms with Crippen molar-refractivity contribution in [1.29, 1.82) is 0 Å². The zero-order valence-electron chi connectivity index (χ0n) is 13.1. The Morgan fingerprint density at radius 1 is 1.17 bits per heavy atom. The van der Waals surface area contributed by atoms with Crippen molar-refractivity contribution < 1.29 is 19.4 Å². The lowest BCUT2D eigenvalue weighted by molar-refractivity contribution is -0.114. The van der Waals surface area contributed by atoms with E-state index in [9.17, 15) is 9.90 Å². The van der Waals surface area contributed by atoms with Gasteiger partial charge in [0, 0.05) is 28.8 Å². The van der Waals surface area contributed by atoms with Gasteiger partial charge < -0.3 is 19.9 Å². The second kappa shape index (κ2) is 7.35. The van der Waals surface area contributed by atoms with Crippen LogP contribution in [-0.2, 0) is 4.79 Å². The van der Waals surface area contributed by atoms with E-state index < -0.39 is 6.10 Å². The minimum Gasteiger partial charge on any atom is -0.493 e. The summed E-state index contributed by atoms with van der Waals surface area (Å²) in [4.78, 5) is 11.4. The van der Waals surface area contributed by atoms with Gasteiger partial charge in [0.2, 0.25) is 5.91 Å². The molecule has 0 bridgehead atoms. The van der Waals surface area contributed by atoms with Gasteiger partial charge >= 0.3 is 0 Å². The number of benzene rings is 2. The van der Waals surface area contributed by atoms with Gasteiger partial charge in [0.05, 0.1) is 14.2 Å². The molecule has 0 fully saturated rings. The van der Waals surface area contributed by atoms with Crippen LogP contribution in [0.1, 0.15) is 24.2 Å². The number of aliphatic hydroxyl groups is 1. The number of para-hydroxylation sites is 1. The molecule has 0 aromatic heterocycles. The summed E-state index contributed by atoms with van der Waals surface area (Å²) in [5.41, 5.74) is 1.47. The molecule has 0 aliphatic heterocycles. The van der Waals surface area contributed by atoms with E-state index in [1.807, 2.05) is 0 Å². The molecule has 0 saturated heterocycles. The standard InChI is InChI=1S/C17H18ClNO4/c1-10(20)19-14-8-7-11(18)9-13(14)16(21)12-5-4-6-15(22-2)17(12)23-3/h4-9,16,21H,1-3H3,(H,19,20). The monoisotopic (exact) mass is 335 g/mol. The molecule has 2 rings (SSSR count). The van der Waals surface area contributed by atoms with Crippen molar-refractivity contribution in [2.45, 2.75) is 13.0 Å². The average Bonchev–Trinajstić information content (AvgIpc) is 2.54. The lowest BCUT2D eigenvalue weighted by Crippen LogP contribution is -2.11. The number of rotatable bonds is 5. The number of hydrogen-bond acceptors (Lipinski definition) is 4. The number of carbonyl (C=O) groups excluding carboxylic acids is 1. The Labute approximate surface area is 139 Å². The Hall–Kier alpha value is -2.24. The molecule has 0 radical (unpaired) electrons. The number of anilines is 1. The number of halogens is 1. The van der Waals surface area contributed by atoms with Gasteiger partial charge in [-0.15, -0.1) is 0 Å². The van der Waals surface area contributed by atoms with Crippen molar-refractivity contribution in [3.8, 4) is 11.5 Å². The maximum atomic E-state index is 11.4. The van der Waals surface area contributed by atoms with E-state index in [1.165, 1.54) is 21.1 Å². The molecular weight excluding hydrogens is 318 g/mol. The van der Waals surface area contributed by atoms with E-state index in [0.29, 0.717) is 33.3 Å². The number of hydrogen-bond donors (Lipinski definition) is 2. The van der Waals surface area contributed by atoms with Crippen molar-refractivity contribution in [3.05, 3.63) is 52.5 Å². The summed E-state index contributed by atoms with van der Waals surface area (Å²) in [6.45, 7) is 1.40. The highest BCUT2D eigenvalue weighted by Crippen LogP contribution is 2.39. The van der Waals surface area contributed by atoms with Gasteiger partial charge in [0.1, 0.15) is 6.10 Å². The van der Waals surface area contributed by atoms with E-state index in [0.717, 1.165) is 0 Å². The third-order valence-electron chi connectivity index (χ3n) is 3.35. The molecule has 2 N–H and O–H groups in total. The Bertz CT molecular complexity index is 718. The van der Waals surface area contributed by atoms with Crippen LogP contribution in [0.2, 0.25) is 5.02 Å². The maximum absolute atomic E-state index is 11.4. The molecule has 0 spiro atoms. The van der Waals surface area contributed by atoms with Crippen molar-refractivity contribution in [2.75, 3.05) is 19.5 Å². The maximum Gasteiger partial charge on any atom is 0.221 e. The molecule has 0 aliphatic carbocycles. The molecule has 2 aromatic rings. The molecule has 1 unspecified atom stereocenters. The largest absolute Gasteiger partial charge is 0.493 e. The van der Waals surface area contributed by atoms with E-state index in [4.69, 9.17) is 21.1 Å². The summed E-state index contributed by atoms with van der Waals surface area (Å²) in [6.07, 6.45) is -1.04. The fourth-order valence-corrected chi connectivity index (χ4v) is 2.54. The number of nitrogens with one attached hydrogen (secondary N) is 1. The first kappa shape index (κ1) is 17.1. The summed E-state index contributed by atoms with van der Waals surface area (Å²) in [6, 6.07) is 10.1. The summed E-state index contributed by atoms with van der Waals surface area (Å²) >= 11 is 6.04. The normalized spacial score (nSPS) is 11.7. The van der Waals surface area contributed by atoms with Gasteiger partial charge in [0.25, 0.3) is 0 Å². The summed E-state index contributed by atoms with van der Waals surface area (Å²) < 4.78 is 10.6.